The minimum Gasteiger partial charge on any atom is -0.376 e. The van der Waals surface area contributed by atoms with Crippen molar-refractivity contribution >= 4 is 17.5 Å². The maximum atomic E-state index is 12.4. The molecule has 0 unspecified atom stereocenters. The second-order valence-corrected chi connectivity index (χ2v) is 7.40. The van der Waals surface area contributed by atoms with Gasteiger partial charge in [-0.1, -0.05) is 49.6 Å². The van der Waals surface area contributed by atoms with E-state index in [0.29, 0.717) is 18.2 Å². The Hall–Kier alpha value is -2.82. The first kappa shape index (κ1) is 19.9. The Labute approximate surface area is 167 Å². The van der Waals surface area contributed by atoms with Gasteiger partial charge in [0.1, 0.15) is 0 Å². The normalized spacial score (nSPS) is 14.3. The highest BCUT2D eigenvalue weighted by Crippen LogP contribution is 2.21. The second-order valence-electron chi connectivity index (χ2n) is 7.40. The largest absolute Gasteiger partial charge is 0.376 e. The summed E-state index contributed by atoms with van der Waals surface area (Å²) in [6.45, 7) is 0.772. The number of likely N-dealkylation sites (N-methyl/N-ethyl adjacent to an activating group) is 1. The Morgan fingerprint density at radius 2 is 1.64 bits per heavy atom. The van der Waals surface area contributed by atoms with E-state index in [-0.39, 0.29) is 18.4 Å². The van der Waals surface area contributed by atoms with E-state index in [1.54, 1.807) is 12.1 Å². The molecular weight excluding hydrogens is 350 g/mol. The molecule has 0 saturated heterocycles. The van der Waals surface area contributed by atoms with Crippen LogP contribution in [0.2, 0.25) is 0 Å². The van der Waals surface area contributed by atoms with Crippen LogP contribution in [0.3, 0.4) is 0 Å². The molecule has 0 radical (unpaired) electrons. The van der Waals surface area contributed by atoms with Crippen LogP contribution in [0.5, 0.6) is 0 Å². The van der Waals surface area contributed by atoms with Gasteiger partial charge in [0.25, 0.3) is 5.91 Å². The maximum Gasteiger partial charge on any atom is 0.251 e. The van der Waals surface area contributed by atoms with Gasteiger partial charge in [0.2, 0.25) is 5.91 Å². The summed E-state index contributed by atoms with van der Waals surface area (Å²) in [7, 11) is 1.90. The molecule has 28 heavy (non-hydrogen) atoms. The molecule has 2 amide bonds. The zero-order valence-corrected chi connectivity index (χ0v) is 16.5. The highest BCUT2D eigenvalue weighted by molar-refractivity contribution is 5.94. The summed E-state index contributed by atoms with van der Waals surface area (Å²) < 4.78 is 0. The van der Waals surface area contributed by atoms with E-state index in [1.165, 1.54) is 19.3 Å². The molecule has 2 aromatic rings. The lowest BCUT2D eigenvalue weighted by molar-refractivity contribution is -0.130. The molecule has 0 heterocycles. The average Bonchev–Trinajstić information content (AvgIpc) is 2.77. The quantitative estimate of drug-likeness (QED) is 0.769. The van der Waals surface area contributed by atoms with Crippen LogP contribution in [0.1, 0.15) is 48.0 Å². The molecule has 1 aliphatic carbocycles. The van der Waals surface area contributed by atoms with E-state index < -0.39 is 0 Å². The molecule has 0 bridgehead atoms. The van der Waals surface area contributed by atoms with E-state index in [0.717, 1.165) is 24.1 Å². The Balaban J connectivity index is 1.45. The van der Waals surface area contributed by atoms with Crippen molar-refractivity contribution in [2.24, 2.45) is 0 Å². The van der Waals surface area contributed by atoms with Crippen LogP contribution in [0.4, 0.5) is 5.69 Å². The summed E-state index contributed by atoms with van der Waals surface area (Å²) in [5.74, 6) is 0.0000851. The van der Waals surface area contributed by atoms with Crippen LogP contribution in [0, 0.1) is 0 Å². The lowest BCUT2D eigenvalue weighted by atomic mass is 9.94. The van der Waals surface area contributed by atoms with Gasteiger partial charge in [-0.05, 0) is 42.7 Å². The number of carbonyl (C=O) groups is 2. The molecule has 148 valence electrons. The van der Waals surface area contributed by atoms with E-state index in [2.05, 4.69) is 10.6 Å². The van der Waals surface area contributed by atoms with E-state index in [9.17, 15) is 9.59 Å². The first-order valence-corrected chi connectivity index (χ1v) is 10.1. The van der Waals surface area contributed by atoms with Gasteiger partial charge in [0, 0.05) is 30.9 Å². The van der Waals surface area contributed by atoms with Crippen LogP contribution in [-0.2, 0) is 11.3 Å². The Kier molecular flexibility index (Phi) is 7.06. The van der Waals surface area contributed by atoms with E-state index in [1.807, 2.05) is 54.4 Å². The van der Waals surface area contributed by atoms with Gasteiger partial charge in [0.15, 0.2) is 0 Å². The van der Waals surface area contributed by atoms with Gasteiger partial charge in [-0.15, -0.1) is 0 Å². The van der Waals surface area contributed by atoms with Crippen molar-refractivity contribution in [2.45, 2.75) is 44.7 Å². The van der Waals surface area contributed by atoms with Crippen molar-refractivity contribution in [2.75, 3.05) is 18.9 Å². The summed E-state index contributed by atoms with van der Waals surface area (Å²) in [6, 6.07) is 17.4. The van der Waals surface area contributed by atoms with Gasteiger partial charge in [-0.3, -0.25) is 9.59 Å². The van der Waals surface area contributed by atoms with Crippen molar-refractivity contribution in [3.05, 3.63) is 65.7 Å². The van der Waals surface area contributed by atoms with Crippen LogP contribution >= 0.6 is 0 Å². The average molecular weight is 380 g/mol. The molecule has 0 spiro atoms. The van der Waals surface area contributed by atoms with Gasteiger partial charge in [0.05, 0.1) is 6.54 Å². The van der Waals surface area contributed by atoms with Gasteiger partial charge < -0.3 is 15.5 Å². The fourth-order valence-electron chi connectivity index (χ4n) is 3.59. The van der Waals surface area contributed by atoms with Crippen molar-refractivity contribution in [1.29, 1.82) is 0 Å². The molecule has 5 nitrogen and oxygen atoms in total. The standard InChI is InChI=1S/C23H29N3O2/c1-26(21-10-6-3-7-11-21)22(27)17-24-20-14-12-19(13-15-20)23(28)25-16-18-8-4-2-5-9-18/h2,4-5,8-9,12-15,21,24H,3,6-7,10-11,16-17H2,1H3,(H,25,28). The number of amides is 2. The van der Waals surface area contributed by atoms with Gasteiger partial charge >= 0.3 is 0 Å². The lowest BCUT2D eigenvalue weighted by Gasteiger charge is -2.31. The summed E-state index contributed by atoms with van der Waals surface area (Å²) in [4.78, 5) is 26.6. The molecule has 5 heteroatoms. The smallest absolute Gasteiger partial charge is 0.251 e. The number of nitrogens with one attached hydrogen (secondary N) is 2. The lowest BCUT2D eigenvalue weighted by Crippen LogP contribution is -2.41. The van der Waals surface area contributed by atoms with Gasteiger partial charge in [-0.2, -0.15) is 0 Å². The summed E-state index contributed by atoms with van der Waals surface area (Å²) in [5.41, 5.74) is 2.51. The molecule has 2 N–H and O–H groups in total. The summed E-state index contributed by atoms with van der Waals surface area (Å²) in [6.07, 6.45) is 5.92. The fraction of sp³-hybridized carbons (Fsp3) is 0.391. The highest BCUT2D eigenvalue weighted by atomic mass is 16.2. The van der Waals surface area contributed by atoms with Crippen molar-refractivity contribution in [1.82, 2.24) is 10.2 Å². The molecule has 1 saturated carbocycles. The van der Waals surface area contributed by atoms with Crippen molar-refractivity contribution in [3.8, 4) is 0 Å². The number of hydrogen-bond acceptors (Lipinski definition) is 3. The van der Waals surface area contributed by atoms with E-state index in [4.69, 9.17) is 0 Å². The Bertz CT molecular complexity index is 768. The monoisotopic (exact) mass is 379 g/mol. The third kappa shape index (κ3) is 5.59. The molecule has 3 rings (SSSR count). The predicted octanol–water partition coefficient (Wildman–Crippen LogP) is 3.82. The summed E-state index contributed by atoms with van der Waals surface area (Å²) >= 11 is 0. The molecule has 0 aliphatic heterocycles. The molecular formula is C23H29N3O2. The second kappa shape index (κ2) is 9.93. The third-order valence-electron chi connectivity index (χ3n) is 5.40. The molecule has 1 fully saturated rings. The Morgan fingerprint density at radius 3 is 2.32 bits per heavy atom. The zero-order chi connectivity index (χ0) is 19.8. The molecule has 0 atom stereocenters. The minimum absolute atomic E-state index is 0.108. The minimum atomic E-state index is -0.108. The molecule has 0 aromatic heterocycles. The zero-order valence-electron chi connectivity index (χ0n) is 16.5. The molecule has 2 aromatic carbocycles. The van der Waals surface area contributed by atoms with Crippen molar-refractivity contribution in [3.63, 3.8) is 0 Å². The Morgan fingerprint density at radius 1 is 0.964 bits per heavy atom. The van der Waals surface area contributed by atoms with Crippen LogP contribution in [-0.4, -0.2) is 36.3 Å². The van der Waals surface area contributed by atoms with Crippen LogP contribution < -0.4 is 10.6 Å². The topological polar surface area (TPSA) is 61.4 Å². The first-order chi connectivity index (χ1) is 13.6. The maximum absolute atomic E-state index is 12.4. The number of carbonyl (C=O) groups excluding carboxylic acids is 2. The predicted molar refractivity (Wildman–Crippen MR) is 112 cm³/mol. The number of nitrogens with zero attached hydrogens (tertiary/aromatic N) is 1. The van der Waals surface area contributed by atoms with Crippen LogP contribution in [0.15, 0.2) is 54.6 Å². The van der Waals surface area contributed by atoms with Gasteiger partial charge in [-0.25, -0.2) is 0 Å². The SMILES string of the molecule is CN(C(=O)CNc1ccc(C(=O)NCc2ccccc2)cc1)C1CCCCC1. The highest BCUT2D eigenvalue weighted by Gasteiger charge is 2.21. The first-order valence-electron chi connectivity index (χ1n) is 10.1. The third-order valence-corrected chi connectivity index (χ3v) is 5.40. The number of benzene rings is 2. The van der Waals surface area contributed by atoms with Crippen molar-refractivity contribution < 1.29 is 9.59 Å². The fourth-order valence-corrected chi connectivity index (χ4v) is 3.59. The summed E-state index contributed by atoms with van der Waals surface area (Å²) in [5, 5.41) is 6.08. The number of anilines is 1. The van der Waals surface area contributed by atoms with Crippen LogP contribution in [0.25, 0.3) is 0 Å². The molecule has 1 aliphatic rings. The number of hydrogen-bond donors (Lipinski definition) is 2. The van der Waals surface area contributed by atoms with E-state index >= 15 is 0 Å². The number of rotatable bonds is 7.